The SMILES string of the molecule is COC(=O)C1Cc2c([nH]c3ccccc23)C2CC(NCCc3cnc[nH]3)CC(c3ccc(C(C)C)cc3)N12. The van der Waals surface area contributed by atoms with E-state index in [1.54, 1.807) is 6.33 Å². The number of hydrogen-bond acceptors (Lipinski definition) is 5. The van der Waals surface area contributed by atoms with E-state index in [0.717, 1.165) is 37.0 Å². The summed E-state index contributed by atoms with van der Waals surface area (Å²) < 4.78 is 5.39. The molecule has 2 aromatic carbocycles. The molecule has 4 atom stereocenters. The van der Waals surface area contributed by atoms with Crippen LogP contribution in [0.25, 0.3) is 10.9 Å². The Kier molecular flexibility index (Phi) is 6.80. The number of hydrogen-bond donors (Lipinski definition) is 3. The maximum atomic E-state index is 13.3. The molecule has 3 N–H and O–H groups in total. The Morgan fingerprint density at radius 3 is 2.66 bits per heavy atom. The van der Waals surface area contributed by atoms with E-state index in [1.807, 2.05) is 6.20 Å². The Hall–Kier alpha value is -3.42. The van der Waals surface area contributed by atoms with Gasteiger partial charge < -0.3 is 20.0 Å². The number of carbonyl (C=O) groups excluding carboxylic acids is 1. The van der Waals surface area contributed by atoms with Crippen LogP contribution in [0.2, 0.25) is 0 Å². The molecule has 6 rings (SSSR count). The summed E-state index contributed by atoms with van der Waals surface area (Å²) in [4.78, 5) is 26.9. The van der Waals surface area contributed by atoms with Gasteiger partial charge in [-0.25, -0.2) is 4.98 Å². The molecule has 0 saturated carbocycles. The van der Waals surface area contributed by atoms with Crippen molar-refractivity contribution in [3.05, 3.63) is 89.1 Å². The fraction of sp³-hybridized carbons (Fsp3) is 0.419. The Morgan fingerprint density at radius 1 is 1.13 bits per heavy atom. The normalized spacial score (nSPS) is 23.4. The van der Waals surface area contributed by atoms with E-state index in [4.69, 9.17) is 4.74 Å². The lowest BCUT2D eigenvalue weighted by atomic mass is 9.79. The van der Waals surface area contributed by atoms with Crippen molar-refractivity contribution in [1.82, 2.24) is 25.2 Å². The number of piperidine rings is 1. The molecule has 0 spiro atoms. The van der Waals surface area contributed by atoms with Crippen LogP contribution in [-0.2, 0) is 22.4 Å². The molecule has 1 fully saturated rings. The van der Waals surface area contributed by atoms with Crippen LogP contribution in [0.3, 0.4) is 0 Å². The first kappa shape index (κ1) is 24.9. The smallest absolute Gasteiger partial charge is 0.323 e. The third-order valence-electron chi connectivity index (χ3n) is 8.52. The predicted octanol–water partition coefficient (Wildman–Crippen LogP) is 5.19. The predicted molar refractivity (Wildman–Crippen MR) is 149 cm³/mol. The minimum Gasteiger partial charge on any atom is -0.468 e. The van der Waals surface area contributed by atoms with E-state index < -0.39 is 0 Å². The van der Waals surface area contributed by atoms with Crippen molar-refractivity contribution in [1.29, 1.82) is 0 Å². The number of aromatic amines is 2. The van der Waals surface area contributed by atoms with E-state index in [9.17, 15) is 4.79 Å². The zero-order valence-electron chi connectivity index (χ0n) is 22.4. The summed E-state index contributed by atoms with van der Waals surface area (Å²) >= 11 is 0. The fourth-order valence-electron chi connectivity index (χ4n) is 6.57. The van der Waals surface area contributed by atoms with Crippen LogP contribution < -0.4 is 5.32 Å². The molecule has 1 saturated heterocycles. The van der Waals surface area contributed by atoms with Crippen LogP contribution in [-0.4, -0.2) is 51.6 Å². The van der Waals surface area contributed by atoms with Gasteiger partial charge in [0.25, 0.3) is 0 Å². The molecule has 0 bridgehead atoms. The van der Waals surface area contributed by atoms with Gasteiger partial charge in [0.15, 0.2) is 0 Å². The highest BCUT2D eigenvalue weighted by Crippen LogP contribution is 2.49. The molecule has 4 unspecified atom stereocenters. The van der Waals surface area contributed by atoms with Gasteiger partial charge in [0.1, 0.15) is 6.04 Å². The molecule has 198 valence electrons. The molecule has 38 heavy (non-hydrogen) atoms. The average molecular weight is 512 g/mol. The molecule has 0 radical (unpaired) electrons. The number of ether oxygens (including phenoxy) is 1. The molecule has 2 aromatic heterocycles. The topological polar surface area (TPSA) is 86.0 Å². The van der Waals surface area contributed by atoms with Crippen molar-refractivity contribution in [2.75, 3.05) is 13.7 Å². The largest absolute Gasteiger partial charge is 0.468 e. The fourth-order valence-corrected chi connectivity index (χ4v) is 6.57. The Bertz CT molecular complexity index is 1390. The third-order valence-corrected chi connectivity index (χ3v) is 8.52. The highest BCUT2D eigenvalue weighted by molar-refractivity contribution is 5.87. The number of nitrogens with zero attached hydrogens (tertiary/aromatic N) is 2. The first-order chi connectivity index (χ1) is 18.5. The Balaban J connectivity index is 1.39. The Labute approximate surface area is 224 Å². The summed E-state index contributed by atoms with van der Waals surface area (Å²) in [5.41, 5.74) is 7.36. The molecule has 2 aliphatic heterocycles. The highest BCUT2D eigenvalue weighted by Gasteiger charge is 2.48. The van der Waals surface area contributed by atoms with Gasteiger partial charge in [-0.1, -0.05) is 56.3 Å². The minimum absolute atomic E-state index is 0.0865. The van der Waals surface area contributed by atoms with Crippen molar-refractivity contribution in [3.8, 4) is 0 Å². The van der Waals surface area contributed by atoms with Crippen LogP contribution in [0.5, 0.6) is 0 Å². The molecular weight excluding hydrogens is 474 g/mol. The summed E-state index contributed by atoms with van der Waals surface area (Å²) in [5.74, 6) is 0.326. The number of para-hydroxylation sites is 1. The van der Waals surface area contributed by atoms with Crippen LogP contribution in [0.15, 0.2) is 61.1 Å². The van der Waals surface area contributed by atoms with Gasteiger partial charge in [0.05, 0.1) is 19.5 Å². The van der Waals surface area contributed by atoms with E-state index in [2.05, 4.69) is 87.5 Å². The van der Waals surface area contributed by atoms with E-state index in [-0.39, 0.29) is 24.1 Å². The van der Waals surface area contributed by atoms with Crippen LogP contribution in [0, 0.1) is 0 Å². The number of aromatic nitrogens is 3. The first-order valence-electron chi connectivity index (χ1n) is 13.8. The molecule has 0 amide bonds. The second-order valence-electron chi connectivity index (χ2n) is 11.1. The summed E-state index contributed by atoms with van der Waals surface area (Å²) in [6.45, 7) is 5.32. The van der Waals surface area contributed by atoms with Gasteiger partial charge in [-0.2, -0.15) is 0 Å². The number of carbonyl (C=O) groups is 1. The van der Waals surface area contributed by atoms with Crippen molar-refractivity contribution in [2.45, 2.75) is 69.6 Å². The van der Waals surface area contributed by atoms with Gasteiger partial charge in [-0.15, -0.1) is 0 Å². The van der Waals surface area contributed by atoms with Crippen LogP contribution >= 0.6 is 0 Å². The van der Waals surface area contributed by atoms with Gasteiger partial charge >= 0.3 is 5.97 Å². The molecular formula is C31H37N5O2. The number of H-pyrrole nitrogens is 2. The minimum atomic E-state index is -0.322. The lowest BCUT2D eigenvalue weighted by Gasteiger charge is -2.50. The van der Waals surface area contributed by atoms with Crippen molar-refractivity contribution in [3.63, 3.8) is 0 Å². The molecule has 4 heterocycles. The summed E-state index contributed by atoms with van der Waals surface area (Å²) in [6, 6.07) is 17.6. The standard InChI is InChI=1S/C31H37N5O2/c1-19(2)20-8-10-21(11-9-20)27-14-23(33-13-12-22-17-32-18-34-22)15-28-30-25(16-29(36(27)28)31(37)38-3)24-6-4-5-7-26(24)35-30/h4-11,17-19,23,27-29,33,35H,12-16H2,1-3H3,(H,32,34). The number of benzene rings is 2. The summed E-state index contributed by atoms with van der Waals surface area (Å²) in [6.07, 6.45) is 7.04. The zero-order chi connectivity index (χ0) is 26.2. The second-order valence-corrected chi connectivity index (χ2v) is 11.1. The molecule has 7 heteroatoms. The Morgan fingerprint density at radius 2 is 1.92 bits per heavy atom. The van der Waals surface area contributed by atoms with E-state index in [1.165, 1.54) is 34.9 Å². The average Bonchev–Trinajstić information content (AvgIpc) is 3.60. The number of rotatable bonds is 7. The third kappa shape index (κ3) is 4.54. The maximum Gasteiger partial charge on any atom is 0.323 e. The lowest BCUT2D eigenvalue weighted by molar-refractivity contribution is -0.152. The number of fused-ring (bicyclic) bond motifs is 5. The monoisotopic (exact) mass is 511 g/mol. The zero-order valence-corrected chi connectivity index (χ0v) is 22.4. The number of methoxy groups -OCH3 is 1. The van der Waals surface area contributed by atoms with Crippen LogP contribution in [0.1, 0.15) is 72.8 Å². The van der Waals surface area contributed by atoms with E-state index >= 15 is 0 Å². The molecule has 4 aromatic rings. The van der Waals surface area contributed by atoms with Crippen LogP contribution in [0.4, 0.5) is 0 Å². The van der Waals surface area contributed by atoms with E-state index in [0.29, 0.717) is 18.4 Å². The van der Waals surface area contributed by atoms with Gasteiger partial charge in [0, 0.05) is 60.0 Å². The number of imidazole rings is 1. The molecule has 2 aliphatic rings. The second kappa shape index (κ2) is 10.4. The number of nitrogens with one attached hydrogen (secondary N) is 3. The van der Waals surface area contributed by atoms with Gasteiger partial charge in [0.2, 0.25) is 0 Å². The van der Waals surface area contributed by atoms with Crippen molar-refractivity contribution in [2.24, 2.45) is 0 Å². The van der Waals surface area contributed by atoms with Crippen molar-refractivity contribution >= 4 is 16.9 Å². The first-order valence-corrected chi connectivity index (χ1v) is 13.8. The maximum absolute atomic E-state index is 13.3. The molecule has 7 nitrogen and oxygen atoms in total. The molecule has 0 aliphatic carbocycles. The number of esters is 1. The summed E-state index contributed by atoms with van der Waals surface area (Å²) in [7, 11) is 1.51. The quantitative estimate of drug-likeness (QED) is 0.297. The summed E-state index contributed by atoms with van der Waals surface area (Å²) in [5, 5.41) is 5.05. The van der Waals surface area contributed by atoms with Crippen molar-refractivity contribution < 1.29 is 9.53 Å². The van der Waals surface area contributed by atoms with Gasteiger partial charge in [-0.3, -0.25) is 9.69 Å². The lowest BCUT2D eigenvalue weighted by Crippen LogP contribution is -2.55. The van der Waals surface area contributed by atoms with Gasteiger partial charge in [-0.05, 0) is 41.5 Å². The highest BCUT2D eigenvalue weighted by atomic mass is 16.5.